The molecule has 8 nitrogen and oxygen atoms in total. The van der Waals surface area contributed by atoms with Gasteiger partial charge in [0, 0.05) is 38.8 Å². The fourth-order valence-electron chi connectivity index (χ4n) is 3.99. The minimum Gasteiger partial charge on any atom is -0.475 e. The van der Waals surface area contributed by atoms with Crippen LogP contribution in [-0.2, 0) is 23.1 Å². The highest BCUT2D eigenvalue weighted by atomic mass is 19.4. The van der Waals surface area contributed by atoms with Crippen LogP contribution in [0.2, 0.25) is 0 Å². The average molecular weight is 457 g/mol. The SMILES string of the molecule is Cc1ccc(CN2C[C@H]3C[C@H](CNC(=O)c4cccn4C)O[C@H]3C2)o1.O=C(O)C(F)(F)F. The number of halogens is 3. The van der Waals surface area contributed by atoms with Crippen molar-refractivity contribution in [3.63, 3.8) is 0 Å². The molecule has 1 amide bonds. The molecule has 0 spiro atoms. The van der Waals surface area contributed by atoms with Gasteiger partial charge in [-0.15, -0.1) is 0 Å². The maximum absolute atomic E-state index is 12.2. The van der Waals surface area contributed by atoms with Crippen molar-refractivity contribution in [1.29, 1.82) is 0 Å². The molecule has 0 unspecified atom stereocenters. The third kappa shape index (κ3) is 6.13. The maximum atomic E-state index is 12.2. The van der Waals surface area contributed by atoms with Crippen LogP contribution in [0.5, 0.6) is 0 Å². The van der Waals surface area contributed by atoms with Crippen LogP contribution in [0.3, 0.4) is 0 Å². The predicted molar refractivity (Wildman–Crippen MR) is 107 cm³/mol. The highest BCUT2D eigenvalue weighted by Gasteiger charge is 2.42. The molecule has 3 atom stereocenters. The number of aliphatic carboxylic acids is 1. The van der Waals surface area contributed by atoms with Crippen LogP contribution >= 0.6 is 0 Å². The van der Waals surface area contributed by atoms with Crippen molar-refractivity contribution in [1.82, 2.24) is 14.8 Å². The van der Waals surface area contributed by atoms with Gasteiger partial charge in [0.15, 0.2) is 0 Å². The molecule has 2 saturated heterocycles. The number of alkyl halides is 3. The molecule has 2 aliphatic rings. The molecule has 0 aliphatic carbocycles. The number of carbonyl (C=O) groups is 2. The van der Waals surface area contributed by atoms with Gasteiger partial charge < -0.3 is 24.1 Å². The molecule has 0 saturated carbocycles. The number of aromatic nitrogens is 1. The number of nitrogens with one attached hydrogen (secondary N) is 1. The Morgan fingerprint density at radius 1 is 1.25 bits per heavy atom. The van der Waals surface area contributed by atoms with Gasteiger partial charge in [0.2, 0.25) is 0 Å². The Hall–Kier alpha value is -2.79. The maximum Gasteiger partial charge on any atom is 0.490 e. The van der Waals surface area contributed by atoms with Gasteiger partial charge in [-0.25, -0.2) is 4.79 Å². The van der Waals surface area contributed by atoms with E-state index in [0.29, 0.717) is 18.2 Å². The molecule has 2 fully saturated rings. The normalized spacial score (nSPS) is 22.8. The standard InChI is InChI=1S/C19H25N3O3.C2HF3O2/c1-13-5-6-15(24-13)11-22-10-14-8-16(25-18(14)12-22)9-20-19(23)17-4-3-7-21(17)2;3-2(4,5)1(6)7/h3-7,14,16,18H,8-12H2,1-2H3,(H,20,23);(H,6,7)/t14-,16-,18+;/m1./s1. The largest absolute Gasteiger partial charge is 0.490 e. The van der Waals surface area contributed by atoms with Crippen LogP contribution in [0.4, 0.5) is 13.2 Å². The molecule has 4 rings (SSSR count). The van der Waals surface area contributed by atoms with Crippen molar-refractivity contribution in [2.75, 3.05) is 19.6 Å². The Morgan fingerprint density at radius 2 is 1.97 bits per heavy atom. The summed E-state index contributed by atoms with van der Waals surface area (Å²) in [5, 5.41) is 10.1. The van der Waals surface area contributed by atoms with Crippen LogP contribution in [0.1, 0.15) is 28.4 Å². The molecule has 4 heterocycles. The monoisotopic (exact) mass is 457 g/mol. The van der Waals surface area contributed by atoms with Gasteiger partial charge in [-0.1, -0.05) is 0 Å². The molecule has 176 valence electrons. The van der Waals surface area contributed by atoms with Gasteiger partial charge in [-0.3, -0.25) is 9.69 Å². The summed E-state index contributed by atoms with van der Waals surface area (Å²) in [5.74, 6) is -0.271. The number of carbonyl (C=O) groups excluding carboxylic acids is 1. The van der Waals surface area contributed by atoms with Crippen LogP contribution in [0.15, 0.2) is 34.9 Å². The molecule has 2 aromatic heterocycles. The molecule has 2 N–H and O–H groups in total. The number of amides is 1. The van der Waals surface area contributed by atoms with E-state index in [1.807, 2.05) is 49.0 Å². The third-order valence-corrected chi connectivity index (χ3v) is 5.47. The Kier molecular flexibility index (Phi) is 7.29. The second-order valence-electron chi connectivity index (χ2n) is 8.02. The lowest BCUT2D eigenvalue weighted by molar-refractivity contribution is -0.192. The van der Waals surface area contributed by atoms with E-state index in [4.69, 9.17) is 19.1 Å². The van der Waals surface area contributed by atoms with Crippen molar-refractivity contribution < 1.29 is 37.0 Å². The van der Waals surface area contributed by atoms with Gasteiger partial charge in [-0.2, -0.15) is 13.2 Å². The second kappa shape index (κ2) is 9.78. The molecule has 11 heteroatoms. The molecule has 0 bridgehead atoms. The minimum atomic E-state index is -5.08. The van der Waals surface area contributed by atoms with E-state index in [0.717, 1.165) is 37.6 Å². The first-order valence-corrected chi connectivity index (χ1v) is 10.2. The van der Waals surface area contributed by atoms with E-state index >= 15 is 0 Å². The smallest absolute Gasteiger partial charge is 0.475 e. The van der Waals surface area contributed by atoms with Crippen molar-refractivity contribution in [3.05, 3.63) is 47.7 Å². The summed E-state index contributed by atoms with van der Waals surface area (Å²) in [6.45, 7) is 5.37. The fourth-order valence-corrected chi connectivity index (χ4v) is 3.99. The van der Waals surface area contributed by atoms with Crippen LogP contribution in [0.25, 0.3) is 0 Å². The number of carboxylic acid groups (broad SMARTS) is 1. The van der Waals surface area contributed by atoms with E-state index in [2.05, 4.69) is 10.2 Å². The number of ether oxygens (including phenoxy) is 1. The first-order valence-electron chi connectivity index (χ1n) is 10.2. The van der Waals surface area contributed by atoms with Gasteiger partial charge in [-0.05, 0) is 37.6 Å². The summed E-state index contributed by atoms with van der Waals surface area (Å²) < 4.78 is 45.4. The number of fused-ring (bicyclic) bond motifs is 1. The number of carboxylic acids is 1. The first kappa shape index (κ1) is 23.9. The predicted octanol–water partition coefficient (Wildman–Crippen LogP) is 2.58. The van der Waals surface area contributed by atoms with Crippen LogP contribution in [0, 0.1) is 12.8 Å². The zero-order valence-electron chi connectivity index (χ0n) is 17.8. The lowest BCUT2D eigenvalue weighted by Gasteiger charge is -2.18. The Balaban J connectivity index is 0.000000360. The summed E-state index contributed by atoms with van der Waals surface area (Å²) in [4.78, 5) is 23.5. The zero-order chi connectivity index (χ0) is 23.5. The first-order chi connectivity index (χ1) is 15.0. The van der Waals surface area contributed by atoms with Crippen molar-refractivity contribution in [2.45, 2.75) is 38.3 Å². The van der Waals surface area contributed by atoms with Crippen LogP contribution in [-0.4, -0.2) is 64.5 Å². The van der Waals surface area contributed by atoms with Crippen LogP contribution < -0.4 is 5.32 Å². The number of likely N-dealkylation sites (tertiary alicyclic amines) is 1. The van der Waals surface area contributed by atoms with Gasteiger partial charge in [0.05, 0.1) is 18.8 Å². The van der Waals surface area contributed by atoms with Crippen molar-refractivity contribution in [3.8, 4) is 0 Å². The Labute approximate surface area is 182 Å². The lowest BCUT2D eigenvalue weighted by atomic mass is 10.0. The fraction of sp³-hybridized carbons (Fsp3) is 0.524. The third-order valence-electron chi connectivity index (χ3n) is 5.47. The second-order valence-corrected chi connectivity index (χ2v) is 8.02. The molecule has 32 heavy (non-hydrogen) atoms. The molecule has 2 aliphatic heterocycles. The number of nitrogens with zero attached hydrogens (tertiary/aromatic N) is 2. The van der Waals surface area contributed by atoms with Gasteiger partial charge >= 0.3 is 12.1 Å². The van der Waals surface area contributed by atoms with Crippen molar-refractivity contribution in [2.24, 2.45) is 13.0 Å². The summed E-state index contributed by atoms with van der Waals surface area (Å²) in [6, 6.07) is 7.76. The molecular weight excluding hydrogens is 431 g/mol. The summed E-state index contributed by atoms with van der Waals surface area (Å²) in [6.07, 6.45) is -1.81. The van der Waals surface area contributed by atoms with Gasteiger partial charge in [0.1, 0.15) is 17.2 Å². The summed E-state index contributed by atoms with van der Waals surface area (Å²) >= 11 is 0. The molecule has 0 radical (unpaired) electrons. The number of hydrogen-bond acceptors (Lipinski definition) is 5. The summed E-state index contributed by atoms with van der Waals surface area (Å²) in [5.41, 5.74) is 0.679. The Morgan fingerprint density at radius 3 is 2.50 bits per heavy atom. The molecule has 2 aromatic rings. The number of rotatable bonds is 5. The average Bonchev–Trinajstić information content (AvgIpc) is 3.45. The number of hydrogen-bond donors (Lipinski definition) is 2. The van der Waals surface area contributed by atoms with E-state index in [-0.39, 0.29) is 18.1 Å². The minimum absolute atomic E-state index is 0.0389. The number of aryl methyl sites for hydroxylation is 2. The highest BCUT2D eigenvalue weighted by molar-refractivity contribution is 5.92. The molecular formula is C21H26F3N3O5. The topological polar surface area (TPSA) is 96.9 Å². The van der Waals surface area contributed by atoms with E-state index in [9.17, 15) is 18.0 Å². The van der Waals surface area contributed by atoms with E-state index < -0.39 is 12.1 Å². The lowest BCUT2D eigenvalue weighted by Crippen LogP contribution is -2.34. The summed E-state index contributed by atoms with van der Waals surface area (Å²) in [7, 11) is 1.88. The number of furan rings is 1. The van der Waals surface area contributed by atoms with Crippen molar-refractivity contribution >= 4 is 11.9 Å². The zero-order valence-corrected chi connectivity index (χ0v) is 17.8. The highest BCUT2D eigenvalue weighted by Crippen LogP contribution is 2.33. The Bertz CT molecular complexity index is 925. The van der Waals surface area contributed by atoms with Gasteiger partial charge in [0.25, 0.3) is 5.91 Å². The van der Waals surface area contributed by atoms with E-state index in [1.165, 1.54) is 0 Å². The van der Waals surface area contributed by atoms with E-state index in [1.54, 1.807) is 0 Å². The molecule has 0 aromatic carbocycles. The quantitative estimate of drug-likeness (QED) is 0.717.